The van der Waals surface area contributed by atoms with Crippen molar-refractivity contribution < 1.29 is 19.1 Å². The lowest BCUT2D eigenvalue weighted by molar-refractivity contribution is -0.137. The number of fused-ring (bicyclic) bond motifs is 1. The first kappa shape index (κ1) is 20.5. The second-order valence-corrected chi connectivity index (χ2v) is 7.18. The Hall–Kier alpha value is -3.22. The molecule has 0 aliphatic rings. The van der Waals surface area contributed by atoms with E-state index < -0.39 is 17.7 Å². The molecule has 152 valence electrons. The minimum absolute atomic E-state index is 0.0435. The molecule has 1 atom stereocenters. The first-order valence-corrected chi connectivity index (χ1v) is 9.58. The quantitative estimate of drug-likeness (QED) is 0.540. The Kier molecular flexibility index (Phi) is 6.59. The standard InChI is InChI=1S/C22H24FN3O3/c1-15-3-4-17-14-25-26(20(17)11-15)10-2-9-24-21(27)12-18(13-22(28)29)16-5-7-19(23)8-6-16/h3-8,11,14,18H,2,9-10,12-13H2,1H3,(H,24,27)(H,28,29). The van der Waals surface area contributed by atoms with Gasteiger partial charge < -0.3 is 10.4 Å². The van der Waals surface area contributed by atoms with Crippen molar-refractivity contribution in [3.05, 3.63) is 65.6 Å². The largest absolute Gasteiger partial charge is 0.481 e. The number of hydrogen-bond acceptors (Lipinski definition) is 3. The number of nitrogens with zero attached hydrogens (tertiary/aromatic N) is 2. The molecule has 3 aromatic rings. The third-order valence-corrected chi connectivity index (χ3v) is 4.86. The van der Waals surface area contributed by atoms with E-state index in [1.165, 1.54) is 24.3 Å². The van der Waals surface area contributed by atoms with Gasteiger partial charge >= 0.3 is 5.97 Å². The van der Waals surface area contributed by atoms with Gasteiger partial charge in [-0.15, -0.1) is 0 Å². The Morgan fingerprint density at radius 1 is 1.17 bits per heavy atom. The maximum atomic E-state index is 13.1. The van der Waals surface area contributed by atoms with Crippen LogP contribution in [0.1, 0.15) is 36.3 Å². The number of hydrogen-bond donors (Lipinski definition) is 2. The highest BCUT2D eigenvalue weighted by atomic mass is 19.1. The smallest absolute Gasteiger partial charge is 0.303 e. The SMILES string of the molecule is Cc1ccc2cnn(CCCNC(=O)CC(CC(=O)O)c3ccc(F)cc3)c2c1. The number of aliphatic carboxylic acids is 1. The highest BCUT2D eigenvalue weighted by Gasteiger charge is 2.19. The Morgan fingerprint density at radius 2 is 1.93 bits per heavy atom. The third kappa shape index (κ3) is 5.63. The normalized spacial score (nSPS) is 12.1. The van der Waals surface area contributed by atoms with Gasteiger partial charge in [0.25, 0.3) is 0 Å². The van der Waals surface area contributed by atoms with E-state index in [-0.39, 0.29) is 18.7 Å². The summed E-state index contributed by atoms with van der Waals surface area (Å²) in [5, 5.41) is 17.4. The van der Waals surface area contributed by atoms with Crippen LogP contribution in [0.25, 0.3) is 10.9 Å². The van der Waals surface area contributed by atoms with Gasteiger partial charge in [0, 0.05) is 30.8 Å². The van der Waals surface area contributed by atoms with E-state index in [1.54, 1.807) is 0 Å². The second-order valence-electron chi connectivity index (χ2n) is 7.18. The lowest BCUT2D eigenvalue weighted by Crippen LogP contribution is -2.27. The summed E-state index contributed by atoms with van der Waals surface area (Å²) in [6.45, 7) is 3.17. The molecule has 7 heteroatoms. The summed E-state index contributed by atoms with van der Waals surface area (Å²) >= 11 is 0. The molecular weight excluding hydrogens is 373 g/mol. The van der Waals surface area contributed by atoms with Gasteiger partial charge in [0.1, 0.15) is 5.82 Å². The van der Waals surface area contributed by atoms with Crippen molar-refractivity contribution >= 4 is 22.8 Å². The topological polar surface area (TPSA) is 84.2 Å². The van der Waals surface area contributed by atoms with Gasteiger partial charge in [-0.05, 0) is 42.7 Å². The number of amides is 1. The molecule has 1 aromatic heterocycles. The molecule has 0 saturated heterocycles. The van der Waals surface area contributed by atoms with E-state index >= 15 is 0 Å². The zero-order valence-electron chi connectivity index (χ0n) is 16.3. The summed E-state index contributed by atoms with van der Waals surface area (Å²) in [6, 6.07) is 11.8. The molecular formula is C22H24FN3O3. The fourth-order valence-electron chi connectivity index (χ4n) is 3.36. The Balaban J connectivity index is 1.51. The maximum Gasteiger partial charge on any atom is 0.303 e. The Labute approximate surface area is 168 Å². The van der Waals surface area contributed by atoms with Crippen molar-refractivity contribution in [3.63, 3.8) is 0 Å². The molecule has 0 saturated carbocycles. The van der Waals surface area contributed by atoms with Crippen LogP contribution in [0, 0.1) is 12.7 Å². The molecule has 0 spiro atoms. The first-order valence-electron chi connectivity index (χ1n) is 9.58. The number of rotatable bonds is 9. The summed E-state index contributed by atoms with van der Waals surface area (Å²) in [5.74, 6) is -2.10. The fraction of sp³-hybridized carbons (Fsp3) is 0.318. The maximum absolute atomic E-state index is 13.1. The first-order chi connectivity index (χ1) is 13.9. The van der Waals surface area contributed by atoms with Crippen molar-refractivity contribution in [2.45, 2.75) is 38.6 Å². The van der Waals surface area contributed by atoms with Gasteiger partial charge in [-0.25, -0.2) is 4.39 Å². The number of nitrogens with one attached hydrogen (secondary N) is 1. The van der Waals surface area contributed by atoms with Gasteiger partial charge in [-0.3, -0.25) is 14.3 Å². The summed E-state index contributed by atoms with van der Waals surface area (Å²) in [5.41, 5.74) is 2.87. The number of aromatic nitrogens is 2. The molecule has 0 fully saturated rings. The van der Waals surface area contributed by atoms with Gasteiger partial charge in [-0.1, -0.05) is 24.3 Å². The lowest BCUT2D eigenvalue weighted by atomic mass is 9.92. The van der Waals surface area contributed by atoms with Gasteiger partial charge in [-0.2, -0.15) is 5.10 Å². The van der Waals surface area contributed by atoms with Crippen LogP contribution >= 0.6 is 0 Å². The molecule has 0 radical (unpaired) electrons. The molecule has 1 amide bonds. The molecule has 6 nitrogen and oxygen atoms in total. The average Bonchev–Trinajstić information content (AvgIpc) is 3.07. The minimum Gasteiger partial charge on any atom is -0.481 e. The Bertz CT molecular complexity index is 998. The minimum atomic E-state index is -0.993. The van der Waals surface area contributed by atoms with E-state index in [0.29, 0.717) is 25.1 Å². The van der Waals surface area contributed by atoms with Crippen LogP contribution in [0.3, 0.4) is 0 Å². The van der Waals surface area contributed by atoms with Crippen molar-refractivity contribution in [2.75, 3.05) is 6.54 Å². The lowest BCUT2D eigenvalue weighted by Gasteiger charge is -2.15. The fourth-order valence-corrected chi connectivity index (χ4v) is 3.36. The third-order valence-electron chi connectivity index (χ3n) is 4.86. The van der Waals surface area contributed by atoms with E-state index in [1.807, 2.05) is 29.9 Å². The molecule has 0 aliphatic carbocycles. The molecule has 2 N–H and O–H groups in total. The zero-order chi connectivity index (χ0) is 20.8. The number of aryl methyl sites for hydroxylation is 2. The molecule has 0 aliphatic heterocycles. The van der Waals surface area contributed by atoms with E-state index in [9.17, 15) is 14.0 Å². The second kappa shape index (κ2) is 9.32. The van der Waals surface area contributed by atoms with E-state index in [2.05, 4.69) is 16.5 Å². The summed E-state index contributed by atoms with van der Waals surface area (Å²) in [6.07, 6.45) is 2.39. The van der Waals surface area contributed by atoms with Crippen LogP contribution in [-0.2, 0) is 16.1 Å². The zero-order valence-corrected chi connectivity index (χ0v) is 16.3. The van der Waals surface area contributed by atoms with Crippen LogP contribution < -0.4 is 5.32 Å². The van der Waals surface area contributed by atoms with Crippen molar-refractivity contribution in [3.8, 4) is 0 Å². The van der Waals surface area contributed by atoms with E-state index in [4.69, 9.17) is 5.11 Å². The Morgan fingerprint density at radius 3 is 2.66 bits per heavy atom. The van der Waals surface area contributed by atoms with Gasteiger partial charge in [0.05, 0.1) is 18.1 Å². The molecule has 3 rings (SSSR count). The molecule has 1 unspecified atom stereocenters. The molecule has 0 bridgehead atoms. The number of halogens is 1. The highest BCUT2D eigenvalue weighted by molar-refractivity contribution is 5.79. The number of carbonyl (C=O) groups excluding carboxylic acids is 1. The van der Waals surface area contributed by atoms with Crippen molar-refractivity contribution in [2.24, 2.45) is 0 Å². The van der Waals surface area contributed by atoms with Crippen LogP contribution in [0.2, 0.25) is 0 Å². The van der Waals surface area contributed by atoms with E-state index in [0.717, 1.165) is 16.5 Å². The van der Waals surface area contributed by atoms with Gasteiger partial charge in [0.15, 0.2) is 0 Å². The molecule has 29 heavy (non-hydrogen) atoms. The highest BCUT2D eigenvalue weighted by Crippen LogP contribution is 2.24. The molecule has 1 heterocycles. The van der Waals surface area contributed by atoms with Crippen molar-refractivity contribution in [1.82, 2.24) is 15.1 Å². The predicted octanol–water partition coefficient (Wildman–Crippen LogP) is 3.64. The van der Waals surface area contributed by atoms with Crippen LogP contribution in [0.5, 0.6) is 0 Å². The number of carboxylic acid groups (broad SMARTS) is 1. The van der Waals surface area contributed by atoms with Crippen LogP contribution in [0.15, 0.2) is 48.7 Å². The number of carbonyl (C=O) groups is 2. The monoisotopic (exact) mass is 397 g/mol. The average molecular weight is 397 g/mol. The number of benzene rings is 2. The summed E-state index contributed by atoms with van der Waals surface area (Å²) < 4.78 is 15.0. The van der Waals surface area contributed by atoms with Crippen LogP contribution in [0.4, 0.5) is 4.39 Å². The summed E-state index contributed by atoms with van der Waals surface area (Å²) in [7, 11) is 0. The van der Waals surface area contributed by atoms with Crippen molar-refractivity contribution in [1.29, 1.82) is 0 Å². The van der Waals surface area contributed by atoms with Gasteiger partial charge in [0.2, 0.25) is 5.91 Å². The number of carboxylic acids is 1. The van der Waals surface area contributed by atoms with Crippen LogP contribution in [-0.4, -0.2) is 33.3 Å². The summed E-state index contributed by atoms with van der Waals surface area (Å²) in [4.78, 5) is 23.4. The predicted molar refractivity (Wildman–Crippen MR) is 108 cm³/mol. The molecule has 2 aromatic carbocycles.